The Labute approximate surface area is 290 Å². The highest BCUT2D eigenvalue weighted by Crippen LogP contribution is 2.44. The Morgan fingerprint density at radius 2 is 1.50 bits per heavy atom. The molecule has 0 amide bonds. The zero-order valence-electron chi connectivity index (χ0n) is 29.3. The van der Waals surface area contributed by atoms with Crippen LogP contribution in [0.4, 0.5) is 4.39 Å². The first-order valence-corrected chi connectivity index (χ1v) is 21.0. The number of hydrogen-bond donors (Lipinski definition) is 3. The van der Waals surface area contributed by atoms with Crippen molar-refractivity contribution in [2.75, 3.05) is 31.3 Å². The second-order valence-electron chi connectivity index (χ2n) is 12.9. The van der Waals surface area contributed by atoms with Gasteiger partial charge in [0, 0.05) is 18.8 Å². The van der Waals surface area contributed by atoms with E-state index in [9.17, 15) is 28.5 Å². The lowest BCUT2D eigenvalue weighted by molar-refractivity contribution is -0.0488. The average Bonchev–Trinajstić information content (AvgIpc) is 3.43. The maximum atomic E-state index is 13.7. The highest BCUT2D eigenvalue weighted by Gasteiger charge is 2.38. The van der Waals surface area contributed by atoms with Gasteiger partial charge in [-0.05, 0) is 18.6 Å². The number of nitrogens with zero attached hydrogens (tertiary/aromatic N) is 1. The number of phosphoric ester groups is 1. The van der Waals surface area contributed by atoms with Crippen molar-refractivity contribution >= 4 is 19.6 Å². The molecule has 1 saturated heterocycles. The number of unbranched alkanes of at least 4 members (excludes halogenated alkanes) is 16. The van der Waals surface area contributed by atoms with E-state index in [0.29, 0.717) is 18.6 Å². The first-order valence-electron chi connectivity index (χ1n) is 18.3. The summed E-state index contributed by atoms with van der Waals surface area (Å²) in [5, 5.41) is 10.4. The lowest BCUT2D eigenvalue weighted by Gasteiger charge is -2.21. The summed E-state index contributed by atoms with van der Waals surface area (Å²) < 4.78 is 49.4. The first kappa shape index (κ1) is 43.1. The monoisotopic (exact) mass is 724 g/mol. The summed E-state index contributed by atoms with van der Waals surface area (Å²) in [7, 11) is -4.53. The van der Waals surface area contributed by atoms with E-state index in [-0.39, 0.29) is 19.1 Å². The molecule has 0 saturated carbocycles. The number of nitrogens with one attached hydrogen (secondary N) is 1. The second-order valence-corrected chi connectivity index (χ2v) is 15.5. The Kier molecular flexibility index (Phi) is 23.2. The summed E-state index contributed by atoms with van der Waals surface area (Å²) in [6.45, 7) is 4.38. The topological polar surface area (TPSA) is 149 Å². The van der Waals surface area contributed by atoms with Crippen molar-refractivity contribution in [3.63, 3.8) is 0 Å². The zero-order valence-corrected chi connectivity index (χ0v) is 31.0. The summed E-state index contributed by atoms with van der Waals surface area (Å²) in [5.41, 5.74) is -2.06. The molecule has 1 fully saturated rings. The number of aromatic amines is 1. The number of H-pyrrole nitrogens is 1. The third-order valence-electron chi connectivity index (χ3n) is 8.56. The molecule has 0 spiro atoms. The van der Waals surface area contributed by atoms with E-state index in [1.165, 1.54) is 96.3 Å². The third kappa shape index (κ3) is 18.8. The number of aliphatic hydroxyl groups excluding tert-OH is 1. The normalized spacial score (nSPS) is 19.9. The molecule has 1 aliphatic heterocycles. The number of rotatable bonds is 30. The highest BCUT2D eigenvalue weighted by atomic mass is 32.2. The molecule has 0 aliphatic carbocycles. The molecule has 0 radical (unpaired) electrons. The molecular weight excluding hydrogens is 662 g/mol. The molecule has 2 unspecified atom stereocenters. The van der Waals surface area contributed by atoms with Crippen LogP contribution < -0.4 is 11.2 Å². The van der Waals surface area contributed by atoms with Crippen molar-refractivity contribution in [1.82, 2.24) is 9.55 Å². The standard InChI is InChI=1S/C34H62FN2O9PS/c1-3-5-7-9-11-13-14-16-18-20-22-48-27-28(43-21-19-17-15-12-10-8-6-4-2)25-44-47(41,42)45-26-31-30(38)23-32(46-31)37-24-29(35)33(39)36-34(37)40/h24,28,30-32,38H,3-23,25-27H2,1-2H3,(H,41,42)(H,36,39,40)/t28?,30-,31+,32+/m0/s1. The quantitative estimate of drug-likeness (QED) is 0.0534. The fourth-order valence-corrected chi connectivity index (χ4v) is 7.42. The van der Waals surface area contributed by atoms with Crippen molar-refractivity contribution in [2.45, 2.75) is 160 Å². The van der Waals surface area contributed by atoms with Crippen LogP contribution in [0.5, 0.6) is 0 Å². The van der Waals surface area contributed by atoms with Gasteiger partial charge in [-0.25, -0.2) is 9.36 Å². The smallest absolute Gasteiger partial charge is 0.390 e. The van der Waals surface area contributed by atoms with E-state index in [2.05, 4.69) is 13.8 Å². The maximum absolute atomic E-state index is 13.7. The van der Waals surface area contributed by atoms with Gasteiger partial charge in [-0.3, -0.25) is 23.4 Å². The molecule has 280 valence electrons. The van der Waals surface area contributed by atoms with Crippen molar-refractivity contribution in [1.29, 1.82) is 0 Å². The maximum Gasteiger partial charge on any atom is 0.472 e. The fraction of sp³-hybridized carbons (Fsp3) is 0.882. The van der Waals surface area contributed by atoms with Gasteiger partial charge in [-0.1, -0.05) is 117 Å². The zero-order chi connectivity index (χ0) is 35.0. The summed E-state index contributed by atoms with van der Waals surface area (Å²) in [6.07, 6.45) is 19.1. The summed E-state index contributed by atoms with van der Waals surface area (Å²) in [4.78, 5) is 35.6. The van der Waals surface area contributed by atoms with Gasteiger partial charge in [0.05, 0.1) is 31.6 Å². The minimum absolute atomic E-state index is 0.110. The molecular formula is C34H62FN2O9PS. The molecule has 3 N–H and O–H groups in total. The molecule has 2 rings (SSSR count). The molecule has 14 heteroatoms. The predicted molar refractivity (Wildman–Crippen MR) is 189 cm³/mol. The largest absolute Gasteiger partial charge is 0.472 e. The first-order chi connectivity index (χ1) is 23.2. The molecule has 2 heterocycles. The average molecular weight is 725 g/mol. The van der Waals surface area contributed by atoms with Crippen LogP contribution in [0.25, 0.3) is 0 Å². The molecule has 11 nitrogen and oxygen atoms in total. The molecule has 0 aromatic carbocycles. The second kappa shape index (κ2) is 25.8. The number of aliphatic hydroxyl groups is 1. The Morgan fingerprint density at radius 3 is 2.10 bits per heavy atom. The van der Waals surface area contributed by atoms with E-state index in [4.69, 9.17) is 18.5 Å². The van der Waals surface area contributed by atoms with Crippen LogP contribution in [0.15, 0.2) is 15.8 Å². The van der Waals surface area contributed by atoms with Gasteiger partial charge in [0.15, 0.2) is 0 Å². The van der Waals surface area contributed by atoms with Crippen molar-refractivity contribution in [3.8, 4) is 0 Å². The Balaban J connectivity index is 1.74. The van der Waals surface area contributed by atoms with Crippen LogP contribution in [-0.2, 0) is 23.1 Å². The van der Waals surface area contributed by atoms with E-state index in [1.54, 1.807) is 11.8 Å². The highest BCUT2D eigenvalue weighted by molar-refractivity contribution is 7.99. The lowest BCUT2D eigenvalue weighted by Crippen LogP contribution is -2.34. The molecule has 1 aromatic heterocycles. The van der Waals surface area contributed by atoms with Gasteiger partial charge in [-0.15, -0.1) is 0 Å². The van der Waals surface area contributed by atoms with Crippen LogP contribution in [0, 0.1) is 5.82 Å². The molecule has 0 bridgehead atoms. The lowest BCUT2D eigenvalue weighted by atomic mass is 10.1. The number of aromatic nitrogens is 2. The van der Waals surface area contributed by atoms with Crippen molar-refractivity contribution < 1.29 is 37.5 Å². The van der Waals surface area contributed by atoms with E-state index in [0.717, 1.165) is 29.6 Å². The van der Waals surface area contributed by atoms with Gasteiger partial charge in [0.1, 0.15) is 12.3 Å². The number of hydrogen-bond acceptors (Lipinski definition) is 9. The summed E-state index contributed by atoms with van der Waals surface area (Å²) in [5.74, 6) is 0.439. The van der Waals surface area contributed by atoms with Gasteiger partial charge in [-0.2, -0.15) is 16.2 Å². The van der Waals surface area contributed by atoms with Gasteiger partial charge >= 0.3 is 13.5 Å². The molecule has 48 heavy (non-hydrogen) atoms. The van der Waals surface area contributed by atoms with Crippen LogP contribution in [0.1, 0.15) is 142 Å². The number of halogens is 1. The van der Waals surface area contributed by atoms with Crippen LogP contribution in [0.3, 0.4) is 0 Å². The van der Waals surface area contributed by atoms with E-state index < -0.39 is 49.9 Å². The molecule has 1 aliphatic rings. The van der Waals surface area contributed by atoms with Gasteiger partial charge < -0.3 is 19.5 Å². The predicted octanol–water partition coefficient (Wildman–Crippen LogP) is 7.64. The Hall–Kier alpha value is -1.05. The summed E-state index contributed by atoms with van der Waals surface area (Å²) >= 11 is 1.76. The number of phosphoric acid groups is 1. The SMILES string of the molecule is CCCCCCCCCCCCSCC(COP(=O)(O)OC[C@H]1O[C@@H](n2cc(F)c(=O)[nH]c2=O)C[C@@H]1O)OCCCCCCCCCC. The molecule has 5 atom stereocenters. The number of thioether (sulfide) groups is 1. The Morgan fingerprint density at radius 1 is 0.938 bits per heavy atom. The van der Waals surface area contributed by atoms with Crippen molar-refractivity contribution in [3.05, 3.63) is 32.9 Å². The van der Waals surface area contributed by atoms with E-state index >= 15 is 0 Å². The minimum atomic E-state index is -4.53. The van der Waals surface area contributed by atoms with Crippen LogP contribution in [0.2, 0.25) is 0 Å². The van der Waals surface area contributed by atoms with Crippen molar-refractivity contribution in [2.24, 2.45) is 0 Å². The number of ether oxygens (including phenoxy) is 2. The minimum Gasteiger partial charge on any atom is -0.390 e. The Bertz CT molecular complexity index is 1140. The van der Waals surface area contributed by atoms with Gasteiger partial charge in [0.2, 0.25) is 5.82 Å². The van der Waals surface area contributed by atoms with Crippen LogP contribution in [-0.4, -0.2) is 69.2 Å². The van der Waals surface area contributed by atoms with Gasteiger partial charge in [0.25, 0.3) is 5.56 Å². The fourth-order valence-electron chi connectivity index (χ4n) is 5.63. The van der Waals surface area contributed by atoms with E-state index in [1.807, 2.05) is 4.98 Å². The van der Waals surface area contributed by atoms with Crippen LogP contribution >= 0.6 is 19.6 Å². The summed E-state index contributed by atoms with van der Waals surface area (Å²) in [6, 6.07) is 0. The molecule has 1 aromatic rings. The third-order valence-corrected chi connectivity index (χ3v) is 10.7.